The van der Waals surface area contributed by atoms with E-state index in [0.717, 1.165) is 59.1 Å². The Balaban J connectivity index is 1.80. The zero-order chi connectivity index (χ0) is 35.1. The second-order valence-corrected chi connectivity index (χ2v) is 16.3. The Labute approximate surface area is 277 Å². The Morgan fingerprint density at radius 2 is 0.783 bits per heavy atom. The van der Waals surface area contributed by atoms with Crippen LogP contribution in [0.25, 0.3) is 12.2 Å². The molecule has 6 heteroatoms. The van der Waals surface area contributed by atoms with Gasteiger partial charge in [0.2, 0.25) is 0 Å². The summed E-state index contributed by atoms with van der Waals surface area (Å²) in [7, 11) is 0. The molecule has 2 aromatic rings. The fourth-order valence-electron chi connectivity index (χ4n) is 5.12. The van der Waals surface area contributed by atoms with Gasteiger partial charge in [-0.15, -0.1) is 0 Å². The summed E-state index contributed by atoms with van der Waals surface area (Å²) in [5, 5.41) is 21.8. The normalized spacial score (nSPS) is 13.0. The highest BCUT2D eigenvalue weighted by Crippen LogP contribution is 2.41. The number of esters is 2. The molecule has 2 rings (SSSR count). The number of hydrogen-bond donors (Lipinski definition) is 2. The Kier molecular flexibility index (Phi) is 12.9. The van der Waals surface area contributed by atoms with Crippen molar-refractivity contribution in [3.8, 4) is 11.5 Å². The molecule has 0 atom stereocenters. The highest BCUT2D eigenvalue weighted by molar-refractivity contribution is 5.87. The van der Waals surface area contributed by atoms with E-state index >= 15 is 0 Å². The number of phenols is 2. The Bertz CT molecular complexity index is 1240. The number of unbranched alkanes of at least 4 members (excludes halogenated alkanes) is 3. The topological polar surface area (TPSA) is 93.1 Å². The largest absolute Gasteiger partial charge is 0.507 e. The lowest BCUT2D eigenvalue weighted by Gasteiger charge is -2.27. The van der Waals surface area contributed by atoms with E-state index in [1.165, 1.54) is 12.2 Å². The minimum absolute atomic E-state index is 0.246. The van der Waals surface area contributed by atoms with Crippen molar-refractivity contribution in [2.24, 2.45) is 0 Å². The van der Waals surface area contributed by atoms with Crippen LogP contribution in [0.1, 0.15) is 142 Å². The van der Waals surface area contributed by atoms with Crippen LogP contribution in [0.3, 0.4) is 0 Å². The molecule has 0 aliphatic rings. The van der Waals surface area contributed by atoms with Crippen molar-refractivity contribution in [2.45, 2.75) is 130 Å². The maximum absolute atomic E-state index is 12.3. The van der Waals surface area contributed by atoms with Gasteiger partial charge in [0.25, 0.3) is 0 Å². The summed E-state index contributed by atoms with van der Waals surface area (Å²) in [5.41, 5.74) is 4.09. The van der Waals surface area contributed by atoms with Crippen molar-refractivity contribution in [1.29, 1.82) is 0 Å². The summed E-state index contributed by atoms with van der Waals surface area (Å²) in [6.07, 6.45) is 9.50. The predicted molar refractivity (Wildman–Crippen MR) is 189 cm³/mol. The van der Waals surface area contributed by atoms with Crippen molar-refractivity contribution in [3.63, 3.8) is 0 Å². The SMILES string of the molecule is CC(C)(C)c1cc(/C=C/C(=O)OCCCCCCOC(=O)/C=C/c2cc(C(C)(C)C)c(O)c(C(C)(C)C)c2)cc(C(C)(C)C)c1O. The first kappa shape index (κ1) is 38.6. The molecule has 0 saturated heterocycles. The second kappa shape index (κ2) is 15.4. The molecular formula is C40H58O6. The first-order chi connectivity index (χ1) is 21.0. The Morgan fingerprint density at radius 3 is 1.02 bits per heavy atom. The van der Waals surface area contributed by atoms with Crippen LogP contribution in [0.5, 0.6) is 11.5 Å². The molecule has 2 N–H and O–H groups in total. The van der Waals surface area contributed by atoms with Gasteiger partial charge in [-0.2, -0.15) is 0 Å². The van der Waals surface area contributed by atoms with Crippen LogP contribution in [0.2, 0.25) is 0 Å². The molecule has 0 saturated carbocycles. The zero-order valence-corrected chi connectivity index (χ0v) is 30.4. The average molecular weight is 635 g/mol. The van der Waals surface area contributed by atoms with Crippen LogP contribution in [-0.4, -0.2) is 35.4 Å². The predicted octanol–water partition coefficient (Wildman–Crippen LogP) is 9.66. The molecule has 46 heavy (non-hydrogen) atoms. The molecule has 0 heterocycles. The van der Waals surface area contributed by atoms with E-state index in [1.54, 1.807) is 12.2 Å². The lowest BCUT2D eigenvalue weighted by molar-refractivity contribution is -0.139. The summed E-state index contributed by atoms with van der Waals surface area (Å²) in [5.74, 6) is -0.184. The summed E-state index contributed by atoms with van der Waals surface area (Å²) in [6.45, 7) is 25.3. The van der Waals surface area contributed by atoms with Gasteiger partial charge in [-0.3, -0.25) is 0 Å². The molecule has 6 nitrogen and oxygen atoms in total. The van der Waals surface area contributed by atoms with Gasteiger partial charge in [-0.1, -0.05) is 83.1 Å². The molecule has 0 radical (unpaired) electrons. The van der Waals surface area contributed by atoms with Gasteiger partial charge >= 0.3 is 11.9 Å². The molecule has 0 fully saturated rings. The number of hydrogen-bond acceptors (Lipinski definition) is 6. The highest BCUT2D eigenvalue weighted by Gasteiger charge is 2.27. The van der Waals surface area contributed by atoms with E-state index in [4.69, 9.17) is 9.47 Å². The number of aromatic hydroxyl groups is 2. The van der Waals surface area contributed by atoms with Gasteiger partial charge in [0.05, 0.1) is 13.2 Å². The lowest BCUT2D eigenvalue weighted by atomic mass is 9.78. The first-order valence-electron chi connectivity index (χ1n) is 16.5. The van der Waals surface area contributed by atoms with Crippen molar-refractivity contribution in [1.82, 2.24) is 0 Å². The van der Waals surface area contributed by atoms with Gasteiger partial charge in [0.1, 0.15) is 11.5 Å². The number of carbonyl (C=O) groups excluding carboxylic acids is 2. The molecule has 0 bridgehead atoms. The highest BCUT2D eigenvalue weighted by atomic mass is 16.5. The maximum Gasteiger partial charge on any atom is 0.330 e. The number of ether oxygens (including phenoxy) is 2. The quantitative estimate of drug-likeness (QED) is 0.145. The maximum atomic E-state index is 12.3. The minimum Gasteiger partial charge on any atom is -0.507 e. The van der Waals surface area contributed by atoms with Gasteiger partial charge in [0, 0.05) is 34.4 Å². The Morgan fingerprint density at radius 1 is 0.522 bits per heavy atom. The van der Waals surface area contributed by atoms with Crippen LogP contribution in [0.4, 0.5) is 0 Å². The van der Waals surface area contributed by atoms with Gasteiger partial charge in [-0.25, -0.2) is 9.59 Å². The van der Waals surface area contributed by atoms with Crippen LogP contribution >= 0.6 is 0 Å². The molecular weight excluding hydrogens is 576 g/mol. The van der Waals surface area contributed by atoms with Gasteiger partial charge < -0.3 is 19.7 Å². The van der Waals surface area contributed by atoms with Crippen LogP contribution in [0.15, 0.2) is 36.4 Å². The fourth-order valence-corrected chi connectivity index (χ4v) is 5.12. The van der Waals surface area contributed by atoms with Crippen molar-refractivity contribution in [3.05, 3.63) is 69.8 Å². The van der Waals surface area contributed by atoms with Gasteiger partial charge in [0.15, 0.2) is 0 Å². The monoisotopic (exact) mass is 634 g/mol. The zero-order valence-electron chi connectivity index (χ0n) is 30.4. The number of benzene rings is 2. The molecule has 2 aromatic carbocycles. The smallest absolute Gasteiger partial charge is 0.330 e. The minimum atomic E-state index is -0.402. The number of rotatable bonds is 11. The van der Waals surface area contributed by atoms with Crippen molar-refractivity contribution in [2.75, 3.05) is 13.2 Å². The van der Waals surface area contributed by atoms with E-state index in [1.807, 2.05) is 24.3 Å². The van der Waals surface area contributed by atoms with Crippen molar-refractivity contribution >= 4 is 24.1 Å². The third kappa shape index (κ3) is 11.7. The fraction of sp³-hybridized carbons (Fsp3) is 0.550. The van der Waals surface area contributed by atoms with Crippen LogP contribution < -0.4 is 0 Å². The molecule has 254 valence electrons. The van der Waals surface area contributed by atoms with Crippen LogP contribution in [-0.2, 0) is 40.7 Å². The van der Waals surface area contributed by atoms with E-state index < -0.39 is 11.9 Å². The van der Waals surface area contributed by atoms with E-state index in [2.05, 4.69) is 83.1 Å². The number of phenolic OH excluding ortho intramolecular Hbond substituents is 2. The molecule has 0 spiro atoms. The lowest BCUT2D eigenvalue weighted by Crippen LogP contribution is -2.17. The number of carbonyl (C=O) groups is 2. The van der Waals surface area contributed by atoms with E-state index in [0.29, 0.717) is 24.7 Å². The van der Waals surface area contributed by atoms with Crippen molar-refractivity contribution < 1.29 is 29.3 Å². The molecule has 0 amide bonds. The second-order valence-electron chi connectivity index (χ2n) is 16.3. The third-order valence-electron chi connectivity index (χ3n) is 7.85. The van der Waals surface area contributed by atoms with E-state index in [9.17, 15) is 19.8 Å². The molecule has 0 aliphatic heterocycles. The average Bonchev–Trinajstić information content (AvgIpc) is 2.90. The summed E-state index contributed by atoms with van der Waals surface area (Å²) in [6, 6.07) is 7.71. The van der Waals surface area contributed by atoms with E-state index in [-0.39, 0.29) is 21.7 Å². The van der Waals surface area contributed by atoms with Crippen LogP contribution in [0, 0.1) is 0 Å². The molecule has 0 aliphatic carbocycles. The summed E-state index contributed by atoms with van der Waals surface area (Å²) < 4.78 is 10.8. The first-order valence-corrected chi connectivity index (χ1v) is 16.5. The third-order valence-corrected chi connectivity index (χ3v) is 7.85. The standard InChI is InChI=1S/C40H58O6/c1-37(2,3)29-23-27(24-30(35(29)43)38(4,5)6)17-19-33(41)45-21-15-13-14-16-22-46-34(42)20-18-28-25-31(39(7,8)9)36(44)32(26-28)40(10,11)12/h17-20,23-26,43-44H,13-16,21-22H2,1-12H3/b19-17+,20-18+. The summed E-state index contributed by atoms with van der Waals surface area (Å²) in [4.78, 5) is 24.7. The van der Waals surface area contributed by atoms with Gasteiger partial charge in [-0.05, 0) is 94.9 Å². The summed E-state index contributed by atoms with van der Waals surface area (Å²) >= 11 is 0. The molecule has 0 aromatic heterocycles. The Hall–Kier alpha value is -3.54. The molecule has 0 unspecified atom stereocenters.